The van der Waals surface area contributed by atoms with Gasteiger partial charge in [-0.3, -0.25) is 14.4 Å². The summed E-state index contributed by atoms with van der Waals surface area (Å²) in [6.45, 7) is 1.96. The highest BCUT2D eigenvalue weighted by Crippen LogP contribution is 2.49. The van der Waals surface area contributed by atoms with E-state index in [4.69, 9.17) is 4.74 Å². The molecule has 0 aliphatic carbocycles. The summed E-state index contributed by atoms with van der Waals surface area (Å²) in [6.07, 6.45) is 3.95. The predicted octanol–water partition coefficient (Wildman–Crippen LogP) is 4.28. The number of imide groups is 1. The molecule has 2 fully saturated rings. The maximum absolute atomic E-state index is 14.0. The van der Waals surface area contributed by atoms with E-state index in [1.54, 1.807) is 43.5 Å². The first kappa shape index (κ1) is 21.4. The van der Waals surface area contributed by atoms with Gasteiger partial charge in [0, 0.05) is 11.3 Å². The number of hydrogen-bond acceptors (Lipinski definition) is 5. The Kier molecular flexibility index (Phi) is 4.85. The SMILES string of the molecule is COc1ccc(C(=O)[C@H]2[C@H]3C(=O)N(c4ccc(C)cc4)C(=O)[C@H]3[C@@H]3C=Cc4ccccc4N32)cc1. The number of aryl methyl sites for hydroxylation is 1. The van der Waals surface area contributed by atoms with Gasteiger partial charge >= 0.3 is 0 Å². The second-order valence-electron chi connectivity index (χ2n) is 9.25. The van der Waals surface area contributed by atoms with Gasteiger partial charge in [-0.15, -0.1) is 0 Å². The number of rotatable bonds is 4. The molecule has 3 aromatic rings. The van der Waals surface area contributed by atoms with Gasteiger partial charge in [-0.25, -0.2) is 4.90 Å². The maximum Gasteiger partial charge on any atom is 0.240 e. The third-order valence-corrected chi connectivity index (χ3v) is 7.35. The fourth-order valence-corrected chi connectivity index (χ4v) is 5.69. The van der Waals surface area contributed by atoms with Crippen LogP contribution in [0, 0.1) is 18.8 Å². The highest BCUT2D eigenvalue weighted by Gasteiger charge is 2.64. The number of nitrogens with zero attached hydrogens (tertiary/aromatic N) is 2. The molecule has 3 aliphatic rings. The molecular weight excluding hydrogens is 440 g/mol. The number of benzene rings is 3. The van der Waals surface area contributed by atoms with Crippen molar-refractivity contribution >= 4 is 35.0 Å². The average Bonchev–Trinajstić information content (AvgIpc) is 3.37. The van der Waals surface area contributed by atoms with Gasteiger partial charge in [0.1, 0.15) is 11.8 Å². The molecule has 6 heteroatoms. The second kappa shape index (κ2) is 7.94. The Balaban J connectivity index is 1.47. The normalized spacial score (nSPS) is 24.3. The van der Waals surface area contributed by atoms with Crippen LogP contribution in [0.4, 0.5) is 11.4 Å². The van der Waals surface area contributed by atoms with E-state index in [0.717, 1.165) is 16.8 Å². The van der Waals surface area contributed by atoms with Gasteiger partial charge < -0.3 is 9.64 Å². The number of fused-ring (bicyclic) bond motifs is 5. The Morgan fingerprint density at radius 1 is 0.857 bits per heavy atom. The van der Waals surface area contributed by atoms with E-state index in [0.29, 0.717) is 17.0 Å². The van der Waals surface area contributed by atoms with Crippen LogP contribution in [0.1, 0.15) is 21.5 Å². The molecule has 2 saturated heterocycles. The third kappa shape index (κ3) is 3.13. The summed E-state index contributed by atoms with van der Waals surface area (Å²) >= 11 is 0. The highest BCUT2D eigenvalue weighted by atomic mass is 16.5. The van der Waals surface area contributed by atoms with Crippen molar-refractivity contribution in [3.05, 3.63) is 95.6 Å². The molecule has 3 heterocycles. The van der Waals surface area contributed by atoms with Crippen LogP contribution in [-0.2, 0) is 9.59 Å². The summed E-state index contributed by atoms with van der Waals surface area (Å²) in [5, 5.41) is 0. The van der Waals surface area contributed by atoms with E-state index in [1.807, 2.05) is 60.4 Å². The fourth-order valence-electron chi connectivity index (χ4n) is 5.69. The molecule has 35 heavy (non-hydrogen) atoms. The van der Waals surface area contributed by atoms with Crippen molar-refractivity contribution < 1.29 is 19.1 Å². The lowest BCUT2D eigenvalue weighted by molar-refractivity contribution is -0.122. The first-order valence-corrected chi connectivity index (χ1v) is 11.7. The molecule has 0 unspecified atom stereocenters. The van der Waals surface area contributed by atoms with Gasteiger partial charge in [-0.1, -0.05) is 48.0 Å². The molecule has 0 bridgehead atoms. The van der Waals surface area contributed by atoms with Gasteiger partial charge in [0.05, 0.1) is 30.7 Å². The minimum absolute atomic E-state index is 0.179. The number of carbonyl (C=O) groups excluding carboxylic acids is 3. The molecule has 0 aromatic heterocycles. The minimum atomic E-state index is -0.795. The van der Waals surface area contributed by atoms with Gasteiger partial charge in [0.25, 0.3) is 0 Å². The van der Waals surface area contributed by atoms with Crippen LogP contribution in [0.2, 0.25) is 0 Å². The van der Waals surface area contributed by atoms with Gasteiger partial charge in [0.15, 0.2) is 5.78 Å². The molecule has 3 aliphatic heterocycles. The van der Waals surface area contributed by atoms with E-state index in [2.05, 4.69) is 0 Å². The summed E-state index contributed by atoms with van der Waals surface area (Å²) in [5.74, 6) is -1.53. The number of methoxy groups -OCH3 is 1. The van der Waals surface area contributed by atoms with Gasteiger partial charge in [-0.05, 0) is 55.0 Å². The number of para-hydroxylation sites is 1. The number of Topliss-reactive ketones (excluding diaryl/α,β-unsaturated/α-hetero) is 1. The molecule has 0 saturated carbocycles. The van der Waals surface area contributed by atoms with Crippen LogP contribution in [0.25, 0.3) is 6.08 Å². The van der Waals surface area contributed by atoms with Crippen molar-refractivity contribution in [1.29, 1.82) is 0 Å². The molecule has 0 N–H and O–H groups in total. The monoisotopic (exact) mass is 464 g/mol. The van der Waals surface area contributed by atoms with Crippen molar-refractivity contribution in [2.75, 3.05) is 16.9 Å². The Morgan fingerprint density at radius 3 is 2.26 bits per heavy atom. The predicted molar refractivity (Wildman–Crippen MR) is 134 cm³/mol. The van der Waals surface area contributed by atoms with Crippen LogP contribution in [-0.4, -0.2) is 36.8 Å². The number of anilines is 2. The molecule has 6 rings (SSSR count). The molecule has 0 radical (unpaired) electrons. The Morgan fingerprint density at radius 2 is 1.54 bits per heavy atom. The summed E-state index contributed by atoms with van der Waals surface area (Å²) < 4.78 is 5.24. The van der Waals surface area contributed by atoms with E-state index in [1.165, 1.54) is 4.90 Å². The molecule has 2 amide bonds. The number of hydrogen-bond donors (Lipinski definition) is 0. The van der Waals surface area contributed by atoms with E-state index in [9.17, 15) is 14.4 Å². The average molecular weight is 465 g/mol. The third-order valence-electron chi connectivity index (χ3n) is 7.35. The zero-order valence-electron chi connectivity index (χ0n) is 19.4. The Labute approximate surface area is 203 Å². The second-order valence-corrected chi connectivity index (χ2v) is 9.25. The summed E-state index contributed by atoms with van der Waals surface area (Å²) in [7, 11) is 1.57. The first-order chi connectivity index (χ1) is 17.0. The van der Waals surface area contributed by atoms with E-state index in [-0.39, 0.29) is 23.6 Å². The van der Waals surface area contributed by atoms with Gasteiger partial charge in [0.2, 0.25) is 11.8 Å². The van der Waals surface area contributed by atoms with Crippen molar-refractivity contribution in [3.8, 4) is 5.75 Å². The fraction of sp³-hybridized carbons (Fsp3) is 0.207. The lowest BCUT2D eigenvalue weighted by Gasteiger charge is -2.36. The first-order valence-electron chi connectivity index (χ1n) is 11.7. The summed E-state index contributed by atoms with van der Waals surface area (Å²) in [6, 6.07) is 20.9. The zero-order chi connectivity index (χ0) is 24.3. The van der Waals surface area contributed by atoms with E-state index >= 15 is 0 Å². The van der Waals surface area contributed by atoms with Gasteiger partial charge in [-0.2, -0.15) is 0 Å². The lowest BCUT2D eigenvalue weighted by atomic mass is 9.86. The quantitative estimate of drug-likeness (QED) is 0.426. The molecule has 4 atom stereocenters. The maximum atomic E-state index is 14.0. The van der Waals surface area contributed by atoms with Crippen LogP contribution in [0.3, 0.4) is 0 Å². The smallest absolute Gasteiger partial charge is 0.240 e. The number of ether oxygens (including phenoxy) is 1. The number of ketones is 1. The molecule has 3 aromatic carbocycles. The minimum Gasteiger partial charge on any atom is -0.497 e. The Hall–Kier alpha value is -4.19. The molecule has 174 valence electrons. The number of amides is 2. The molecule has 0 spiro atoms. The summed E-state index contributed by atoms with van der Waals surface area (Å²) in [5.41, 5.74) is 3.90. The van der Waals surface area contributed by atoms with Crippen LogP contribution < -0.4 is 14.5 Å². The molecular formula is C29H24N2O4. The van der Waals surface area contributed by atoms with Crippen LogP contribution in [0.5, 0.6) is 5.75 Å². The standard InChI is InChI=1S/C29H24N2O4/c1-17-7-12-20(13-8-17)30-28(33)24-23-16-11-18-5-3-4-6-22(18)31(23)26(25(24)29(30)34)27(32)19-9-14-21(35-2)15-10-19/h3-16,23-26H,1-2H3/t23-,24-,25-,26+/m0/s1. The topological polar surface area (TPSA) is 66.9 Å². The molecule has 6 nitrogen and oxygen atoms in total. The largest absolute Gasteiger partial charge is 0.497 e. The highest BCUT2D eigenvalue weighted by molar-refractivity contribution is 6.25. The van der Waals surface area contributed by atoms with Crippen LogP contribution >= 0.6 is 0 Å². The lowest BCUT2D eigenvalue weighted by Crippen LogP contribution is -2.48. The van der Waals surface area contributed by atoms with Crippen molar-refractivity contribution in [2.45, 2.75) is 19.0 Å². The zero-order valence-corrected chi connectivity index (χ0v) is 19.4. The van der Waals surface area contributed by atoms with Crippen molar-refractivity contribution in [2.24, 2.45) is 11.8 Å². The number of carbonyl (C=O) groups is 3. The summed E-state index contributed by atoms with van der Waals surface area (Å²) in [4.78, 5) is 44.9. The van der Waals surface area contributed by atoms with Crippen molar-refractivity contribution in [3.63, 3.8) is 0 Å². The van der Waals surface area contributed by atoms with Crippen LogP contribution in [0.15, 0.2) is 78.9 Å². The Bertz CT molecular complexity index is 1380. The van der Waals surface area contributed by atoms with E-state index < -0.39 is 17.9 Å². The van der Waals surface area contributed by atoms with Crippen molar-refractivity contribution in [1.82, 2.24) is 0 Å².